The molecule has 96 valence electrons. The van der Waals surface area contributed by atoms with Crippen molar-refractivity contribution in [2.75, 3.05) is 0 Å². The minimum absolute atomic E-state index is 1.24. The monoisotopic (exact) mass is 296 g/mol. The van der Waals surface area contributed by atoms with Crippen LogP contribution in [-0.4, -0.2) is 0 Å². The lowest BCUT2D eigenvalue weighted by Crippen LogP contribution is -1.91. The maximum Gasteiger partial charge on any atom is 0.0207 e. The van der Waals surface area contributed by atoms with E-state index in [9.17, 15) is 0 Å². The Balaban J connectivity index is 2.16. The van der Waals surface area contributed by atoms with Crippen LogP contribution >= 0.6 is 15.9 Å². The van der Waals surface area contributed by atoms with Gasteiger partial charge in [0.15, 0.2) is 0 Å². The smallest absolute Gasteiger partial charge is 0.0207 e. The molecule has 0 saturated heterocycles. The van der Waals surface area contributed by atoms with Gasteiger partial charge in [-0.25, -0.2) is 0 Å². The molecule has 1 aromatic carbocycles. The van der Waals surface area contributed by atoms with Crippen molar-refractivity contribution in [3.8, 4) is 0 Å². The number of aryl methyl sites for hydroxylation is 1. The van der Waals surface area contributed by atoms with E-state index in [2.05, 4.69) is 48.0 Å². The second-order valence-corrected chi connectivity index (χ2v) is 5.75. The first-order chi connectivity index (χ1) is 8.25. The van der Waals surface area contributed by atoms with Gasteiger partial charge in [0.25, 0.3) is 0 Å². The van der Waals surface area contributed by atoms with Gasteiger partial charge in [-0.3, -0.25) is 0 Å². The topological polar surface area (TPSA) is 0 Å². The molecule has 1 rings (SSSR count). The summed E-state index contributed by atoms with van der Waals surface area (Å²) >= 11 is 3.60. The third-order valence-corrected chi connectivity index (χ3v) is 4.29. The minimum atomic E-state index is 1.24. The van der Waals surface area contributed by atoms with Crippen LogP contribution < -0.4 is 0 Å². The molecular weight excluding hydrogens is 272 g/mol. The van der Waals surface area contributed by atoms with Gasteiger partial charge in [0.2, 0.25) is 0 Å². The summed E-state index contributed by atoms with van der Waals surface area (Å²) in [5, 5.41) is 0. The van der Waals surface area contributed by atoms with Crippen molar-refractivity contribution < 1.29 is 0 Å². The molecule has 0 aliphatic heterocycles. The number of hydrogen-bond donors (Lipinski definition) is 0. The molecule has 17 heavy (non-hydrogen) atoms. The average Bonchev–Trinajstić information content (AvgIpc) is 2.33. The number of hydrogen-bond acceptors (Lipinski definition) is 0. The van der Waals surface area contributed by atoms with Crippen molar-refractivity contribution in [2.45, 2.75) is 65.2 Å². The highest BCUT2D eigenvalue weighted by Crippen LogP contribution is 2.21. The zero-order chi connectivity index (χ0) is 12.5. The zero-order valence-corrected chi connectivity index (χ0v) is 12.9. The summed E-state index contributed by atoms with van der Waals surface area (Å²) in [7, 11) is 0. The van der Waals surface area contributed by atoms with Gasteiger partial charge < -0.3 is 0 Å². The number of unbranched alkanes of at least 4 members (excludes halogenated alkanes) is 6. The Morgan fingerprint density at radius 2 is 1.59 bits per heavy atom. The number of benzene rings is 1. The summed E-state index contributed by atoms with van der Waals surface area (Å²) in [6, 6.07) is 6.54. The molecular formula is C16H25Br. The van der Waals surface area contributed by atoms with E-state index in [1.165, 1.54) is 67.0 Å². The Morgan fingerprint density at radius 3 is 2.29 bits per heavy atom. The maximum atomic E-state index is 3.60. The molecule has 1 heteroatoms. The number of halogens is 1. The van der Waals surface area contributed by atoms with Gasteiger partial charge in [0, 0.05) is 4.47 Å². The van der Waals surface area contributed by atoms with Gasteiger partial charge in [-0.2, -0.15) is 0 Å². The molecule has 1 aromatic rings. The quantitative estimate of drug-likeness (QED) is 0.512. The second-order valence-electron chi connectivity index (χ2n) is 4.90. The van der Waals surface area contributed by atoms with Crippen molar-refractivity contribution in [1.82, 2.24) is 0 Å². The van der Waals surface area contributed by atoms with E-state index in [1.807, 2.05) is 0 Å². The van der Waals surface area contributed by atoms with Gasteiger partial charge in [-0.1, -0.05) is 73.5 Å². The Bertz CT molecular complexity index is 317. The molecule has 0 bridgehead atoms. The van der Waals surface area contributed by atoms with Crippen LogP contribution in [-0.2, 0) is 6.42 Å². The Labute approximate surface area is 115 Å². The van der Waals surface area contributed by atoms with Crippen molar-refractivity contribution in [1.29, 1.82) is 0 Å². The highest BCUT2D eigenvalue weighted by molar-refractivity contribution is 9.10. The molecule has 0 radical (unpaired) electrons. The van der Waals surface area contributed by atoms with Crippen molar-refractivity contribution >= 4 is 15.9 Å². The summed E-state index contributed by atoms with van der Waals surface area (Å²) < 4.78 is 1.25. The maximum absolute atomic E-state index is 3.60. The molecule has 0 saturated carbocycles. The molecule has 0 aliphatic carbocycles. The first-order valence-electron chi connectivity index (χ1n) is 6.99. The van der Waals surface area contributed by atoms with Crippen LogP contribution in [0.2, 0.25) is 0 Å². The summed E-state index contributed by atoms with van der Waals surface area (Å²) in [5.41, 5.74) is 2.92. The molecule has 0 amide bonds. The lowest BCUT2D eigenvalue weighted by Gasteiger charge is -2.07. The predicted molar refractivity (Wildman–Crippen MR) is 80.6 cm³/mol. The van der Waals surface area contributed by atoms with Gasteiger partial charge in [0.05, 0.1) is 0 Å². The van der Waals surface area contributed by atoms with Gasteiger partial charge in [-0.15, -0.1) is 0 Å². The third-order valence-electron chi connectivity index (χ3n) is 3.43. The van der Waals surface area contributed by atoms with E-state index >= 15 is 0 Å². The molecule has 0 fully saturated rings. The van der Waals surface area contributed by atoms with E-state index in [-0.39, 0.29) is 0 Å². The Kier molecular flexibility index (Phi) is 7.59. The largest absolute Gasteiger partial charge is 0.0654 e. The lowest BCUT2D eigenvalue weighted by molar-refractivity contribution is 0.589. The zero-order valence-electron chi connectivity index (χ0n) is 11.3. The second kappa shape index (κ2) is 8.74. The molecule has 0 spiro atoms. The average molecular weight is 297 g/mol. The molecule has 0 heterocycles. The fourth-order valence-corrected chi connectivity index (χ4v) is 2.60. The molecule has 0 atom stereocenters. The van der Waals surface area contributed by atoms with Crippen LogP contribution in [0.25, 0.3) is 0 Å². The van der Waals surface area contributed by atoms with Crippen molar-refractivity contribution in [3.63, 3.8) is 0 Å². The van der Waals surface area contributed by atoms with E-state index in [4.69, 9.17) is 0 Å². The fraction of sp³-hybridized carbons (Fsp3) is 0.625. The molecule has 0 aromatic heterocycles. The van der Waals surface area contributed by atoms with Crippen LogP contribution in [0, 0.1) is 6.92 Å². The van der Waals surface area contributed by atoms with Crippen molar-refractivity contribution in [2.24, 2.45) is 0 Å². The van der Waals surface area contributed by atoms with Gasteiger partial charge >= 0.3 is 0 Å². The van der Waals surface area contributed by atoms with Crippen LogP contribution in [0.1, 0.15) is 63.0 Å². The van der Waals surface area contributed by atoms with Gasteiger partial charge in [-0.05, 0) is 37.0 Å². The van der Waals surface area contributed by atoms with Crippen LogP contribution in [0.3, 0.4) is 0 Å². The minimum Gasteiger partial charge on any atom is -0.0654 e. The molecule has 0 N–H and O–H groups in total. The SMILES string of the molecule is CCCCCCCCCc1cccc(Br)c1C. The molecule has 0 nitrogen and oxygen atoms in total. The normalized spacial score (nSPS) is 10.8. The summed E-state index contributed by atoms with van der Waals surface area (Å²) in [5.74, 6) is 0. The predicted octanol–water partition coefficient (Wildman–Crippen LogP) is 6.05. The summed E-state index contributed by atoms with van der Waals surface area (Å²) in [6.07, 6.45) is 11.0. The van der Waals surface area contributed by atoms with Crippen molar-refractivity contribution in [3.05, 3.63) is 33.8 Å². The first-order valence-corrected chi connectivity index (χ1v) is 7.79. The van der Waals surface area contributed by atoms with Crippen LogP contribution in [0.4, 0.5) is 0 Å². The van der Waals surface area contributed by atoms with E-state index < -0.39 is 0 Å². The third kappa shape index (κ3) is 5.72. The van der Waals surface area contributed by atoms with Crippen LogP contribution in [0.15, 0.2) is 22.7 Å². The summed E-state index contributed by atoms with van der Waals surface area (Å²) in [6.45, 7) is 4.48. The van der Waals surface area contributed by atoms with E-state index in [1.54, 1.807) is 0 Å². The highest BCUT2D eigenvalue weighted by atomic mass is 79.9. The molecule has 0 unspecified atom stereocenters. The Hall–Kier alpha value is -0.300. The standard InChI is InChI=1S/C16H25Br/c1-3-4-5-6-7-8-9-11-15-12-10-13-16(17)14(15)2/h10,12-13H,3-9,11H2,1-2H3. The van der Waals surface area contributed by atoms with E-state index in [0.717, 1.165) is 0 Å². The number of rotatable bonds is 8. The lowest BCUT2D eigenvalue weighted by atomic mass is 10.0. The summed E-state index contributed by atoms with van der Waals surface area (Å²) in [4.78, 5) is 0. The first kappa shape index (κ1) is 14.8. The fourth-order valence-electron chi connectivity index (χ4n) is 2.20. The van der Waals surface area contributed by atoms with Gasteiger partial charge in [0.1, 0.15) is 0 Å². The Morgan fingerprint density at radius 1 is 0.941 bits per heavy atom. The van der Waals surface area contributed by atoms with E-state index in [0.29, 0.717) is 0 Å². The molecule has 0 aliphatic rings. The van der Waals surface area contributed by atoms with Crippen LogP contribution in [0.5, 0.6) is 0 Å². The highest BCUT2D eigenvalue weighted by Gasteiger charge is 2.01.